The van der Waals surface area contributed by atoms with Crippen LogP contribution in [0.1, 0.15) is 0 Å². The summed E-state index contributed by atoms with van der Waals surface area (Å²) in [5.41, 5.74) is 0. The Kier molecular flexibility index (Phi) is 3.66. The molecule has 1 rings (SSSR count). The zero-order valence-corrected chi connectivity index (χ0v) is 4.89. The van der Waals surface area contributed by atoms with E-state index in [1.54, 1.807) is 12.4 Å². The summed E-state index contributed by atoms with van der Waals surface area (Å²) in [6.07, 6.45) is 3.50. The Morgan fingerprint density at radius 2 is 1.43 bits per heavy atom. The molecule has 0 aromatic carbocycles. The minimum absolute atomic E-state index is 0. The molecule has 2 heteroatoms. The van der Waals surface area contributed by atoms with Crippen molar-refractivity contribution < 1.29 is 17.1 Å². The van der Waals surface area contributed by atoms with Crippen LogP contribution in [0.15, 0.2) is 30.6 Å². The predicted octanol–water partition coefficient (Wildman–Crippen LogP) is 1.08. The van der Waals surface area contributed by atoms with Gasteiger partial charge in [-0.25, -0.2) is 0 Å². The van der Waals surface area contributed by atoms with Crippen LogP contribution in [-0.2, 0) is 17.1 Å². The number of rotatable bonds is 0. The van der Waals surface area contributed by atoms with Gasteiger partial charge in [0.15, 0.2) is 0 Å². The molecule has 0 atom stereocenters. The summed E-state index contributed by atoms with van der Waals surface area (Å²) in [6, 6.07) is 5.72. The second-order valence-electron chi connectivity index (χ2n) is 1.02. The maximum Gasteiger partial charge on any atom is 2.00 e. The standard InChI is InChI=1S/C5H5N.Mn/c1-2-4-6-5-3-1;/h1-5H;/q;+2. The van der Waals surface area contributed by atoms with E-state index in [1.165, 1.54) is 0 Å². The largest absolute Gasteiger partial charge is 2.00 e. The van der Waals surface area contributed by atoms with E-state index < -0.39 is 0 Å². The summed E-state index contributed by atoms with van der Waals surface area (Å²) < 4.78 is 0. The normalized spacial score (nSPS) is 6.86. The van der Waals surface area contributed by atoms with Gasteiger partial charge in [-0.05, 0) is 12.1 Å². The molecule has 0 fully saturated rings. The van der Waals surface area contributed by atoms with E-state index in [0.29, 0.717) is 0 Å². The molecule has 0 saturated carbocycles. The fourth-order valence-electron chi connectivity index (χ4n) is 0.313. The molecule has 1 aromatic rings. The average molecular weight is 134 g/mol. The Morgan fingerprint density at radius 1 is 0.857 bits per heavy atom. The second kappa shape index (κ2) is 3.85. The Morgan fingerprint density at radius 3 is 1.57 bits per heavy atom. The van der Waals surface area contributed by atoms with Crippen LogP contribution in [0.2, 0.25) is 0 Å². The summed E-state index contributed by atoms with van der Waals surface area (Å²) in [4.78, 5) is 3.78. The van der Waals surface area contributed by atoms with E-state index in [4.69, 9.17) is 0 Å². The van der Waals surface area contributed by atoms with Gasteiger partial charge in [0.2, 0.25) is 0 Å². The van der Waals surface area contributed by atoms with Crippen molar-refractivity contribution in [2.24, 2.45) is 0 Å². The first-order valence-electron chi connectivity index (χ1n) is 1.85. The summed E-state index contributed by atoms with van der Waals surface area (Å²) in [5.74, 6) is 0. The van der Waals surface area contributed by atoms with Gasteiger partial charge in [0.25, 0.3) is 0 Å². The predicted molar refractivity (Wildman–Crippen MR) is 24.2 cm³/mol. The van der Waals surface area contributed by atoms with E-state index in [2.05, 4.69) is 4.98 Å². The fourth-order valence-corrected chi connectivity index (χ4v) is 0.313. The summed E-state index contributed by atoms with van der Waals surface area (Å²) >= 11 is 0. The summed E-state index contributed by atoms with van der Waals surface area (Å²) in [7, 11) is 0. The third-order valence-corrected chi connectivity index (χ3v) is 0.566. The maximum absolute atomic E-state index is 3.78. The zero-order chi connectivity index (χ0) is 4.24. The Balaban J connectivity index is 0.000000360. The van der Waals surface area contributed by atoms with Crippen LogP contribution >= 0.6 is 0 Å². The molecule has 0 bridgehead atoms. The van der Waals surface area contributed by atoms with Crippen LogP contribution < -0.4 is 0 Å². The van der Waals surface area contributed by atoms with Crippen molar-refractivity contribution in [1.29, 1.82) is 0 Å². The van der Waals surface area contributed by atoms with Gasteiger partial charge in [-0.15, -0.1) is 0 Å². The third kappa shape index (κ3) is 2.38. The first-order valence-corrected chi connectivity index (χ1v) is 1.85. The van der Waals surface area contributed by atoms with Gasteiger partial charge < -0.3 is 0 Å². The molecule has 1 nitrogen and oxygen atoms in total. The molecule has 0 unspecified atom stereocenters. The minimum atomic E-state index is 0. The van der Waals surface area contributed by atoms with Gasteiger partial charge in [0.05, 0.1) is 0 Å². The SMILES string of the molecule is [Mn+2].c1ccncc1. The van der Waals surface area contributed by atoms with E-state index in [1.807, 2.05) is 18.2 Å². The molecule has 1 aromatic heterocycles. The van der Waals surface area contributed by atoms with Crippen LogP contribution in [-0.4, -0.2) is 4.98 Å². The van der Waals surface area contributed by atoms with Gasteiger partial charge >= 0.3 is 17.1 Å². The summed E-state index contributed by atoms with van der Waals surface area (Å²) in [6.45, 7) is 0. The fraction of sp³-hybridized carbons (Fsp3) is 0. The topological polar surface area (TPSA) is 12.9 Å². The maximum atomic E-state index is 3.78. The molecule has 0 aliphatic rings. The van der Waals surface area contributed by atoms with E-state index in [0.717, 1.165) is 0 Å². The Hall–Kier alpha value is -0.331. The van der Waals surface area contributed by atoms with Crippen molar-refractivity contribution in [3.8, 4) is 0 Å². The Labute approximate surface area is 53.2 Å². The van der Waals surface area contributed by atoms with Gasteiger partial charge in [-0.3, -0.25) is 4.98 Å². The average Bonchev–Trinajstić information content (AvgIpc) is 1.72. The van der Waals surface area contributed by atoms with Crippen LogP contribution in [0.5, 0.6) is 0 Å². The molecular formula is C5H5MnN+2. The van der Waals surface area contributed by atoms with E-state index >= 15 is 0 Å². The van der Waals surface area contributed by atoms with Crippen LogP contribution in [0.4, 0.5) is 0 Å². The third-order valence-electron chi connectivity index (χ3n) is 0.566. The molecule has 0 spiro atoms. The van der Waals surface area contributed by atoms with Crippen molar-refractivity contribution in [3.63, 3.8) is 0 Å². The van der Waals surface area contributed by atoms with Gasteiger partial charge in [0, 0.05) is 12.4 Å². The number of pyridine rings is 1. The number of aromatic nitrogens is 1. The molecule has 0 aliphatic heterocycles. The van der Waals surface area contributed by atoms with E-state index in [-0.39, 0.29) is 17.1 Å². The molecule has 7 heavy (non-hydrogen) atoms. The molecule has 1 heterocycles. The quantitative estimate of drug-likeness (QED) is 0.484. The second-order valence-corrected chi connectivity index (χ2v) is 1.02. The molecule has 1 radical (unpaired) electrons. The monoisotopic (exact) mass is 134 g/mol. The molecule has 0 saturated heterocycles. The van der Waals surface area contributed by atoms with Crippen molar-refractivity contribution in [1.82, 2.24) is 4.98 Å². The molecule has 0 N–H and O–H groups in total. The van der Waals surface area contributed by atoms with Gasteiger partial charge in [-0.2, -0.15) is 0 Å². The smallest absolute Gasteiger partial charge is 0.265 e. The van der Waals surface area contributed by atoms with Crippen molar-refractivity contribution >= 4 is 0 Å². The number of nitrogens with zero attached hydrogens (tertiary/aromatic N) is 1. The first kappa shape index (κ1) is 6.67. The summed E-state index contributed by atoms with van der Waals surface area (Å²) in [5, 5.41) is 0. The van der Waals surface area contributed by atoms with Crippen molar-refractivity contribution in [2.45, 2.75) is 0 Å². The molecule has 0 amide bonds. The Bertz CT molecular complexity index is 80.0. The van der Waals surface area contributed by atoms with Crippen molar-refractivity contribution in [2.75, 3.05) is 0 Å². The van der Waals surface area contributed by atoms with Gasteiger partial charge in [-0.1, -0.05) is 6.07 Å². The molecule has 0 aliphatic carbocycles. The van der Waals surface area contributed by atoms with Crippen LogP contribution in [0.25, 0.3) is 0 Å². The molecular weight excluding hydrogens is 129 g/mol. The minimum Gasteiger partial charge on any atom is -0.265 e. The first-order chi connectivity index (χ1) is 3.00. The van der Waals surface area contributed by atoms with E-state index in [9.17, 15) is 0 Å². The molecule has 35 valence electrons. The zero-order valence-electron chi connectivity index (χ0n) is 3.71. The number of hydrogen-bond donors (Lipinski definition) is 0. The van der Waals surface area contributed by atoms with Crippen molar-refractivity contribution in [3.05, 3.63) is 30.6 Å². The number of hydrogen-bond acceptors (Lipinski definition) is 1. The van der Waals surface area contributed by atoms with Gasteiger partial charge in [0.1, 0.15) is 0 Å². The van der Waals surface area contributed by atoms with Crippen LogP contribution in [0.3, 0.4) is 0 Å². The van der Waals surface area contributed by atoms with Crippen LogP contribution in [0, 0.1) is 0 Å².